The molecule has 0 aromatic heterocycles. The van der Waals surface area contributed by atoms with Crippen LogP contribution in [-0.2, 0) is 4.79 Å². The van der Waals surface area contributed by atoms with Gasteiger partial charge < -0.3 is 15.5 Å². The molecule has 0 unspecified atom stereocenters. The van der Waals surface area contributed by atoms with Crippen LogP contribution in [0.15, 0.2) is 42.5 Å². The Balaban J connectivity index is 1.91. The average Bonchev–Trinajstić information content (AvgIpc) is 2.49. The molecule has 4 nitrogen and oxygen atoms in total. The molecule has 0 aliphatic heterocycles. The van der Waals surface area contributed by atoms with Gasteiger partial charge in [-0.3, -0.25) is 4.79 Å². The van der Waals surface area contributed by atoms with E-state index < -0.39 is 0 Å². The molecule has 0 saturated heterocycles. The predicted octanol–water partition coefficient (Wildman–Crippen LogP) is 3.42. The largest absolute Gasteiger partial charge is 0.378 e. The maximum Gasteiger partial charge on any atom is 0.243 e. The van der Waals surface area contributed by atoms with Gasteiger partial charge >= 0.3 is 0 Å². The highest BCUT2D eigenvalue weighted by Gasteiger charge is 2.04. The van der Waals surface area contributed by atoms with Crippen molar-refractivity contribution in [1.29, 1.82) is 0 Å². The molecule has 0 atom stereocenters. The normalized spacial score (nSPS) is 10.2. The molecule has 0 fully saturated rings. The highest BCUT2D eigenvalue weighted by molar-refractivity contribution is 5.94. The van der Waals surface area contributed by atoms with Crippen LogP contribution in [0.3, 0.4) is 0 Å². The minimum Gasteiger partial charge on any atom is -0.378 e. The van der Waals surface area contributed by atoms with Gasteiger partial charge in [0.05, 0.1) is 6.54 Å². The van der Waals surface area contributed by atoms with Gasteiger partial charge in [-0.1, -0.05) is 12.1 Å². The lowest BCUT2D eigenvalue weighted by molar-refractivity contribution is -0.114. The van der Waals surface area contributed by atoms with E-state index in [2.05, 4.69) is 28.8 Å². The SMILES string of the molecule is Cc1ccc(C)c(NCC(=O)Nc2ccc(N(C)C)cc2)c1. The molecular weight excluding hydrogens is 274 g/mol. The monoisotopic (exact) mass is 297 g/mol. The quantitative estimate of drug-likeness (QED) is 0.889. The van der Waals surface area contributed by atoms with Crippen molar-refractivity contribution in [2.24, 2.45) is 0 Å². The van der Waals surface area contributed by atoms with E-state index in [-0.39, 0.29) is 12.5 Å². The number of nitrogens with one attached hydrogen (secondary N) is 2. The lowest BCUT2D eigenvalue weighted by Crippen LogP contribution is -2.22. The van der Waals surface area contributed by atoms with E-state index >= 15 is 0 Å². The molecule has 0 aliphatic carbocycles. The number of nitrogens with zero attached hydrogens (tertiary/aromatic N) is 1. The highest BCUT2D eigenvalue weighted by Crippen LogP contribution is 2.17. The molecule has 0 heterocycles. The topological polar surface area (TPSA) is 44.4 Å². The second kappa shape index (κ2) is 6.98. The summed E-state index contributed by atoms with van der Waals surface area (Å²) in [6, 6.07) is 13.9. The molecule has 2 aromatic carbocycles. The second-order valence-corrected chi connectivity index (χ2v) is 5.66. The molecule has 2 N–H and O–H groups in total. The van der Waals surface area contributed by atoms with Crippen LogP contribution in [0.5, 0.6) is 0 Å². The van der Waals surface area contributed by atoms with Crippen molar-refractivity contribution in [3.05, 3.63) is 53.6 Å². The molecule has 0 bridgehead atoms. The second-order valence-electron chi connectivity index (χ2n) is 5.66. The summed E-state index contributed by atoms with van der Waals surface area (Å²) in [6.45, 7) is 4.32. The van der Waals surface area contributed by atoms with Crippen molar-refractivity contribution in [2.45, 2.75) is 13.8 Å². The summed E-state index contributed by atoms with van der Waals surface area (Å²) in [7, 11) is 3.98. The maximum absolute atomic E-state index is 12.0. The van der Waals surface area contributed by atoms with Crippen molar-refractivity contribution < 1.29 is 4.79 Å². The smallest absolute Gasteiger partial charge is 0.243 e. The van der Waals surface area contributed by atoms with Crippen molar-refractivity contribution in [3.8, 4) is 0 Å². The first kappa shape index (κ1) is 15.9. The lowest BCUT2D eigenvalue weighted by Gasteiger charge is -2.13. The Bertz CT molecular complexity index is 648. The van der Waals surface area contributed by atoms with Crippen LogP contribution in [0, 0.1) is 13.8 Å². The third-order valence-corrected chi connectivity index (χ3v) is 3.50. The van der Waals surface area contributed by atoms with E-state index in [1.54, 1.807) is 0 Å². The summed E-state index contributed by atoms with van der Waals surface area (Å²) in [5.74, 6) is -0.0569. The minimum absolute atomic E-state index is 0.0569. The van der Waals surface area contributed by atoms with Crippen molar-refractivity contribution in [1.82, 2.24) is 0 Å². The molecule has 2 rings (SSSR count). The zero-order chi connectivity index (χ0) is 16.1. The summed E-state index contributed by atoms with van der Waals surface area (Å²) in [5.41, 5.74) is 5.21. The fourth-order valence-electron chi connectivity index (χ4n) is 2.15. The fourth-order valence-corrected chi connectivity index (χ4v) is 2.15. The van der Waals surface area contributed by atoms with Crippen LogP contribution in [0.2, 0.25) is 0 Å². The molecule has 4 heteroatoms. The first-order chi connectivity index (χ1) is 10.5. The summed E-state index contributed by atoms with van der Waals surface area (Å²) in [4.78, 5) is 14.0. The summed E-state index contributed by atoms with van der Waals surface area (Å²) in [5, 5.41) is 6.08. The van der Waals surface area contributed by atoms with Crippen LogP contribution < -0.4 is 15.5 Å². The number of aryl methyl sites for hydroxylation is 2. The molecule has 0 spiro atoms. The minimum atomic E-state index is -0.0569. The van der Waals surface area contributed by atoms with Gasteiger partial charge in [0.25, 0.3) is 0 Å². The van der Waals surface area contributed by atoms with Crippen LogP contribution >= 0.6 is 0 Å². The Morgan fingerprint density at radius 2 is 1.73 bits per heavy atom. The number of benzene rings is 2. The van der Waals surface area contributed by atoms with E-state index in [4.69, 9.17) is 0 Å². The standard InChI is InChI=1S/C18H23N3O/c1-13-5-6-14(2)17(11-13)19-12-18(22)20-15-7-9-16(10-8-15)21(3)4/h5-11,19H,12H2,1-4H3,(H,20,22). The Morgan fingerprint density at radius 1 is 1.05 bits per heavy atom. The molecule has 1 amide bonds. The zero-order valence-electron chi connectivity index (χ0n) is 13.6. The fraction of sp³-hybridized carbons (Fsp3) is 0.278. The number of rotatable bonds is 5. The zero-order valence-corrected chi connectivity index (χ0v) is 13.6. The molecule has 2 aromatic rings. The van der Waals surface area contributed by atoms with Crippen molar-refractivity contribution in [2.75, 3.05) is 36.2 Å². The van der Waals surface area contributed by atoms with E-state index in [0.717, 1.165) is 22.6 Å². The van der Waals surface area contributed by atoms with Gasteiger partial charge in [0.2, 0.25) is 5.91 Å². The van der Waals surface area contributed by atoms with E-state index in [9.17, 15) is 4.79 Å². The van der Waals surface area contributed by atoms with Crippen LogP contribution in [0.4, 0.5) is 17.1 Å². The molecular formula is C18H23N3O. The maximum atomic E-state index is 12.0. The third-order valence-electron chi connectivity index (χ3n) is 3.50. The Kier molecular flexibility index (Phi) is 5.04. The third kappa shape index (κ3) is 4.25. The van der Waals surface area contributed by atoms with Crippen LogP contribution in [0.1, 0.15) is 11.1 Å². The predicted molar refractivity (Wildman–Crippen MR) is 93.8 cm³/mol. The van der Waals surface area contributed by atoms with Gasteiger partial charge in [0, 0.05) is 31.2 Å². The first-order valence-electron chi connectivity index (χ1n) is 7.34. The van der Waals surface area contributed by atoms with Gasteiger partial charge in [-0.15, -0.1) is 0 Å². The summed E-state index contributed by atoms with van der Waals surface area (Å²) < 4.78 is 0. The molecule has 0 radical (unpaired) electrons. The van der Waals surface area contributed by atoms with Gasteiger partial charge in [-0.2, -0.15) is 0 Å². The highest BCUT2D eigenvalue weighted by atomic mass is 16.1. The summed E-state index contributed by atoms with van der Waals surface area (Å²) in [6.07, 6.45) is 0. The van der Waals surface area contributed by atoms with Gasteiger partial charge in [-0.05, 0) is 55.3 Å². The lowest BCUT2D eigenvalue weighted by atomic mass is 10.1. The molecule has 0 saturated carbocycles. The number of hydrogen-bond acceptors (Lipinski definition) is 3. The average molecular weight is 297 g/mol. The Hall–Kier alpha value is -2.49. The van der Waals surface area contributed by atoms with Crippen LogP contribution in [-0.4, -0.2) is 26.5 Å². The Labute approximate surface area is 132 Å². The van der Waals surface area contributed by atoms with Gasteiger partial charge in [0.1, 0.15) is 0 Å². The number of amides is 1. The first-order valence-corrected chi connectivity index (χ1v) is 7.34. The number of anilines is 3. The molecule has 116 valence electrons. The molecule has 0 aliphatic rings. The molecule has 22 heavy (non-hydrogen) atoms. The van der Waals surface area contributed by atoms with E-state index in [1.807, 2.05) is 57.1 Å². The van der Waals surface area contributed by atoms with Crippen LogP contribution in [0.25, 0.3) is 0 Å². The van der Waals surface area contributed by atoms with Gasteiger partial charge in [0.15, 0.2) is 0 Å². The van der Waals surface area contributed by atoms with E-state index in [1.165, 1.54) is 5.56 Å². The van der Waals surface area contributed by atoms with Gasteiger partial charge in [-0.25, -0.2) is 0 Å². The number of hydrogen-bond donors (Lipinski definition) is 2. The van der Waals surface area contributed by atoms with Crippen molar-refractivity contribution >= 4 is 23.0 Å². The summed E-state index contributed by atoms with van der Waals surface area (Å²) >= 11 is 0. The Morgan fingerprint density at radius 3 is 2.36 bits per heavy atom. The van der Waals surface area contributed by atoms with Crippen molar-refractivity contribution in [3.63, 3.8) is 0 Å². The van der Waals surface area contributed by atoms with E-state index in [0.29, 0.717) is 0 Å². The number of carbonyl (C=O) groups excluding carboxylic acids is 1. The number of carbonyl (C=O) groups is 1.